The van der Waals surface area contributed by atoms with Crippen molar-refractivity contribution in [3.05, 3.63) is 107 Å². The number of nitrogens with zero attached hydrogens (tertiary/aromatic N) is 2. The maximum absolute atomic E-state index is 13.6. The molecule has 1 aromatic heterocycles. The van der Waals surface area contributed by atoms with Crippen molar-refractivity contribution < 1.29 is 35.9 Å². The van der Waals surface area contributed by atoms with Gasteiger partial charge in [0.05, 0.1) is 11.1 Å². The molecule has 0 aliphatic rings. The Hall–Kier alpha value is -4.28. The second-order valence-electron chi connectivity index (χ2n) is 9.92. The van der Waals surface area contributed by atoms with Crippen LogP contribution in [0.2, 0.25) is 0 Å². The number of H-pyrrole nitrogens is 1. The number of nitrogens with one attached hydrogen (secondary N) is 1. The summed E-state index contributed by atoms with van der Waals surface area (Å²) in [7, 11) is 0. The van der Waals surface area contributed by atoms with Crippen molar-refractivity contribution in [3.63, 3.8) is 0 Å². The third-order valence-corrected chi connectivity index (χ3v) is 6.88. The van der Waals surface area contributed by atoms with Gasteiger partial charge < -0.3 is 14.8 Å². The molecule has 5 nitrogen and oxygen atoms in total. The molecule has 0 atom stereocenters. The van der Waals surface area contributed by atoms with Gasteiger partial charge in [0.25, 0.3) is 5.91 Å². The van der Waals surface area contributed by atoms with Crippen LogP contribution in [0.4, 0.5) is 26.3 Å². The average Bonchev–Trinajstić information content (AvgIpc) is 3.37. The van der Waals surface area contributed by atoms with E-state index in [9.17, 15) is 35.9 Å². The van der Waals surface area contributed by atoms with E-state index in [1.54, 1.807) is 6.92 Å². The summed E-state index contributed by atoms with van der Waals surface area (Å²) >= 11 is 0. The number of amides is 2. The second kappa shape index (κ2) is 12.7. The van der Waals surface area contributed by atoms with Gasteiger partial charge in [-0.15, -0.1) is 0 Å². The summed E-state index contributed by atoms with van der Waals surface area (Å²) in [5.41, 5.74) is 0.318. The molecule has 222 valence electrons. The monoisotopic (exact) mass is 589 g/mol. The number of rotatable bonds is 10. The van der Waals surface area contributed by atoms with Crippen molar-refractivity contribution in [3.8, 4) is 0 Å². The maximum Gasteiger partial charge on any atom is 0.416 e. The fourth-order valence-electron chi connectivity index (χ4n) is 4.70. The highest BCUT2D eigenvalue weighted by atomic mass is 19.4. The highest BCUT2D eigenvalue weighted by molar-refractivity contribution is 5.96. The first-order valence-electron chi connectivity index (χ1n) is 13.3. The summed E-state index contributed by atoms with van der Waals surface area (Å²) in [6.07, 6.45) is -6.44. The maximum atomic E-state index is 13.6. The van der Waals surface area contributed by atoms with Crippen molar-refractivity contribution in [1.82, 2.24) is 14.8 Å². The predicted octanol–water partition coefficient (Wildman–Crippen LogP) is 7.33. The van der Waals surface area contributed by atoms with Gasteiger partial charge in [-0.1, -0.05) is 43.3 Å². The van der Waals surface area contributed by atoms with Crippen LogP contribution in [0.25, 0.3) is 10.9 Å². The number of carbonyl (C=O) groups is 2. The van der Waals surface area contributed by atoms with E-state index in [1.165, 1.54) is 28.0 Å². The number of halogens is 6. The largest absolute Gasteiger partial charge is 0.416 e. The van der Waals surface area contributed by atoms with Gasteiger partial charge in [0.2, 0.25) is 5.91 Å². The zero-order valence-electron chi connectivity index (χ0n) is 22.7. The van der Waals surface area contributed by atoms with Crippen LogP contribution in [0, 0.1) is 0 Å². The van der Waals surface area contributed by atoms with Gasteiger partial charge in [0.15, 0.2) is 0 Å². The Morgan fingerprint density at radius 2 is 1.48 bits per heavy atom. The molecule has 42 heavy (non-hydrogen) atoms. The normalized spacial score (nSPS) is 12.0. The molecule has 0 spiro atoms. The molecule has 0 unspecified atom stereocenters. The summed E-state index contributed by atoms with van der Waals surface area (Å²) in [6.45, 7) is 1.67. The van der Waals surface area contributed by atoms with E-state index in [-0.39, 0.29) is 25.2 Å². The molecule has 0 fully saturated rings. The van der Waals surface area contributed by atoms with Gasteiger partial charge in [-0.25, -0.2) is 0 Å². The molecule has 0 aliphatic carbocycles. The number of carbonyl (C=O) groups excluding carboxylic acids is 2. The zero-order chi connectivity index (χ0) is 30.5. The smallest absolute Gasteiger partial charge is 0.361 e. The molecule has 1 N–H and O–H groups in total. The Labute approximate surface area is 238 Å². The van der Waals surface area contributed by atoms with Crippen LogP contribution < -0.4 is 0 Å². The Kier molecular flexibility index (Phi) is 9.28. The fraction of sp³-hybridized carbons (Fsp3) is 0.290. The lowest BCUT2D eigenvalue weighted by Gasteiger charge is -2.28. The quantitative estimate of drug-likeness (QED) is 0.197. The van der Waals surface area contributed by atoms with Crippen LogP contribution in [-0.4, -0.2) is 46.2 Å². The Morgan fingerprint density at radius 1 is 0.786 bits per heavy atom. The number of aromatic amines is 1. The van der Waals surface area contributed by atoms with E-state index in [0.717, 1.165) is 46.8 Å². The zero-order valence-corrected chi connectivity index (χ0v) is 22.7. The molecule has 3 aromatic carbocycles. The molecule has 0 saturated heterocycles. The third-order valence-electron chi connectivity index (χ3n) is 6.88. The van der Waals surface area contributed by atoms with Gasteiger partial charge in [-0.05, 0) is 60.4 Å². The fourth-order valence-corrected chi connectivity index (χ4v) is 4.70. The van der Waals surface area contributed by atoms with Crippen molar-refractivity contribution in [2.45, 2.75) is 38.7 Å². The molecule has 0 bridgehead atoms. The first-order valence-corrected chi connectivity index (χ1v) is 13.3. The van der Waals surface area contributed by atoms with E-state index in [4.69, 9.17) is 0 Å². The van der Waals surface area contributed by atoms with Gasteiger partial charge in [-0.3, -0.25) is 9.59 Å². The number of alkyl halides is 6. The number of benzene rings is 3. The van der Waals surface area contributed by atoms with Crippen molar-refractivity contribution in [1.29, 1.82) is 0 Å². The van der Waals surface area contributed by atoms with Crippen LogP contribution in [0.1, 0.15) is 46.0 Å². The van der Waals surface area contributed by atoms with Gasteiger partial charge in [-0.2, -0.15) is 26.3 Å². The summed E-state index contributed by atoms with van der Waals surface area (Å²) in [5.74, 6) is -1.20. The van der Waals surface area contributed by atoms with Gasteiger partial charge in [0, 0.05) is 42.3 Å². The molecule has 4 rings (SSSR count). The summed E-state index contributed by atoms with van der Waals surface area (Å²) in [6, 6.07) is 16.1. The van der Waals surface area contributed by atoms with Crippen molar-refractivity contribution in [2.75, 3.05) is 19.6 Å². The average molecular weight is 590 g/mol. The topological polar surface area (TPSA) is 56.4 Å². The highest BCUT2D eigenvalue weighted by Crippen LogP contribution is 2.30. The van der Waals surface area contributed by atoms with Gasteiger partial charge >= 0.3 is 12.4 Å². The minimum absolute atomic E-state index is 0.0168. The molecule has 11 heteroatoms. The SMILES string of the molecule is CCCN(CC(=O)N(CCc1c[nH]c2ccccc12)Cc1ccc(C(F)(F)F)cc1)C(=O)c1cccc(C(F)(F)F)c1. The minimum Gasteiger partial charge on any atom is -0.361 e. The van der Waals surface area contributed by atoms with E-state index in [2.05, 4.69) is 4.98 Å². The molecule has 0 saturated carbocycles. The third kappa shape index (κ3) is 7.51. The molecule has 4 aromatic rings. The lowest BCUT2D eigenvalue weighted by molar-refractivity contribution is -0.138. The van der Waals surface area contributed by atoms with Crippen LogP contribution in [0.15, 0.2) is 79.0 Å². The van der Waals surface area contributed by atoms with Gasteiger partial charge in [0.1, 0.15) is 6.54 Å². The minimum atomic E-state index is -4.64. The van der Waals surface area contributed by atoms with E-state index < -0.39 is 41.8 Å². The molecule has 1 heterocycles. The lowest BCUT2D eigenvalue weighted by Crippen LogP contribution is -2.43. The van der Waals surface area contributed by atoms with E-state index in [0.29, 0.717) is 18.4 Å². The Balaban J connectivity index is 1.57. The van der Waals surface area contributed by atoms with Crippen LogP contribution >= 0.6 is 0 Å². The summed E-state index contributed by atoms with van der Waals surface area (Å²) in [4.78, 5) is 32.7. The molecule has 0 aliphatic heterocycles. The van der Waals surface area contributed by atoms with Crippen LogP contribution in [0.3, 0.4) is 0 Å². The number of hydrogen-bond acceptors (Lipinski definition) is 2. The first-order chi connectivity index (χ1) is 19.9. The van der Waals surface area contributed by atoms with Crippen LogP contribution in [0.5, 0.6) is 0 Å². The molecular weight excluding hydrogens is 560 g/mol. The van der Waals surface area contributed by atoms with Crippen molar-refractivity contribution >= 4 is 22.7 Å². The molecule has 0 radical (unpaired) electrons. The number of hydrogen-bond donors (Lipinski definition) is 1. The Morgan fingerprint density at radius 3 is 2.14 bits per heavy atom. The second-order valence-corrected chi connectivity index (χ2v) is 9.92. The number of fused-ring (bicyclic) bond motifs is 1. The van der Waals surface area contributed by atoms with E-state index >= 15 is 0 Å². The van der Waals surface area contributed by atoms with Crippen LogP contribution in [-0.2, 0) is 30.1 Å². The number of aromatic nitrogens is 1. The van der Waals surface area contributed by atoms with E-state index in [1.807, 2.05) is 30.5 Å². The highest BCUT2D eigenvalue weighted by Gasteiger charge is 2.32. The Bertz CT molecular complexity index is 1530. The van der Waals surface area contributed by atoms with Crippen molar-refractivity contribution in [2.24, 2.45) is 0 Å². The summed E-state index contributed by atoms with van der Waals surface area (Å²) < 4.78 is 78.9. The first kappa shape index (κ1) is 30.7. The molecule has 2 amide bonds. The summed E-state index contributed by atoms with van der Waals surface area (Å²) in [5, 5.41) is 0.965. The standard InChI is InChI=1S/C31H29F6N3O2/c1-2-15-40(29(42)22-6-5-7-25(17-22)31(35,36)37)20-28(41)39(19-21-10-12-24(13-11-21)30(32,33)34)16-14-23-18-38-27-9-4-3-8-26(23)27/h3-13,17-18,38H,2,14-16,19-20H2,1H3. The molecular formula is C31H29F6N3O2. The predicted molar refractivity (Wildman–Crippen MR) is 147 cm³/mol. The number of para-hydroxylation sites is 1. The lowest BCUT2D eigenvalue weighted by atomic mass is 10.1.